The van der Waals surface area contributed by atoms with Crippen LogP contribution in [0.4, 0.5) is 0 Å². The number of thiophene rings is 1. The van der Waals surface area contributed by atoms with E-state index in [1.54, 1.807) is 24.3 Å². The Morgan fingerprint density at radius 2 is 1.90 bits per heavy atom. The van der Waals surface area contributed by atoms with E-state index in [4.69, 9.17) is 5.26 Å². The van der Waals surface area contributed by atoms with Crippen LogP contribution in [-0.4, -0.2) is 8.42 Å². The van der Waals surface area contributed by atoms with Gasteiger partial charge in [-0.25, -0.2) is 8.42 Å². The maximum Gasteiger partial charge on any atom is 0.216 e. The molecule has 20 heavy (non-hydrogen) atoms. The first-order valence-electron chi connectivity index (χ1n) is 5.62. The third-order valence-electron chi connectivity index (χ3n) is 2.60. The third-order valence-corrected chi connectivity index (χ3v) is 5.85. The molecule has 1 aromatic heterocycles. The first-order chi connectivity index (χ1) is 9.43. The van der Waals surface area contributed by atoms with Crippen molar-refractivity contribution in [2.75, 3.05) is 0 Å². The number of benzene rings is 1. The molecule has 1 heterocycles. The normalized spacial score (nSPS) is 12.2. The van der Waals surface area contributed by atoms with Crippen molar-refractivity contribution in [1.82, 2.24) is 0 Å². The molecule has 0 amide bonds. The molecule has 0 N–H and O–H groups in total. The number of sulfone groups is 1. The fourth-order valence-electron chi connectivity index (χ4n) is 1.55. The van der Waals surface area contributed by atoms with Crippen molar-refractivity contribution in [2.24, 2.45) is 0 Å². The molecule has 0 bridgehead atoms. The molecule has 102 valence electrons. The molecule has 0 unspecified atom stereocenters. The third kappa shape index (κ3) is 3.18. The minimum Gasteiger partial charge on any atom is -0.218 e. The molecular weight excluding hydrogens is 358 g/mol. The standard InChI is InChI=1S/C14H10BrNO2S2/c1-10-2-5-12(6-3-10)20(17,18)13(9-16)8-11-4-7-14(15)19-11/h2-8H,1H3. The SMILES string of the molecule is Cc1ccc(S(=O)(=O)C(C#N)=Cc2ccc(Br)s2)cc1. The zero-order valence-corrected chi connectivity index (χ0v) is 13.7. The topological polar surface area (TPSA) is 57.9 Å². The molecule has 0 aliphatic heterocycles. The lowest BCUT2D eigenvalue weighted by atomic mass is 10.2. The highest BCUT2D eigenvalue weighted by Crippen LogP contribution is 2.27. The van der Waals surface area contributed by atoms with Gasteiger partial charge in [-0.1, -0.05) is 17.7 Å². The Kier molecular flexibility index (Phi) is 4.43. The summed E-state index contributed by atoms with van der Waals surface area (Å²) in [6.45, 7) is 1.88. The molecule has 0 aliphatic carbocycles. The summed E-state index contributed by atoms with van der Waals surface area (Å²) in [4.78, 5) is 0.589. The number of halogens is 1. The van der Waals surface area contributed by atoms with E-state index in [0.717, 1.165) is 9.35 Å². The average Bonchev–Trinajstić information content (AvgIpc) is 2.82. The Morgan fingerprint density at radius 3 is 2.40 bits per heavy atom. The van der Waals surface area contributed by atoms with Crippen LogP contribution in [0.1, 0.15) is 10.4 Å². The number of aryl methyl sites for hydroxylation is 1. The van der Waals surface area contributed by atoms with Gasteiger partial charge in [-0.05, 0) is 53.2 Å². The van der Waals surface area contributed by atoms with E-state index in [1.807, 2.05) is 13.0 Å². The second kappa shape index (κ2) is 5.92. The van der Waals surface area contributed by atoms with E-state index in [0.29, 0.717) is 4.88 Å². The van der Waals surface area contributed by atoms with Gasteiger partial charge in [0.05, 0.1) is 8.68 Å². The molecule has 0 aliphatic rings. The molecule has 0 fully saturated rings. The minimum atomic E-state index is -3.77. The van der Waals surface area contributed by atoms with Crippen LogP contribution in [0.2, 0.25) is 0 Å². The monoisotopic (exact) mass is 367 g/mol. The summed E-state index contributed by atoms with van der Waals surface area (Å²) in [7, 11) is -3.77. The minimum absolute atomic E-state index is 0.131. The van der Waals surface area contributed by atoms with Gasteiger partial charge in [0.25, 0.3) is 0 Å². The van der Waals surface area contributed by atoms with Crippen molar-refractivity contribution in [3.8, 4) is 6.07 Å². The Morgan fingerprint density at radius 1 is 1.25 bits per heavy atom. The van der Waals surface area contributed by atoms with E-state index >= 15 is 0 Å². The van der Waals surface area contributed by atoms with Crippen LogP contribution in [0.3, 0.4) is 0 Å². The van der Waals surface area contributed by atoms with Gasteiger partial charge in [0, 0.05) is 4.88 Å². The smallest absolute Gasteiger partial charge is 0.216 e. The summed E-state index contributed by atoms with van der Waals surface area (Å²) in [6, 6.07) is 11.8. The van der Waals surface area contributed by atoms with Gasteiger partial charge in [-0.2, -0.15) is 5.26 Å². The van der Waals surface area contributed by atoms with Gasteiger partial charge in [-0.15, -0.1) is 11.3 Å². The molecule has 0 spiro atoms. The van der Waals surface area contributed by atoms with Crippen LogP contribution in [-0.2, 0) is 9.84 Å². The van der Waals surface area contributed by atoms with Gasteiger partial charge >= 0.3 is 0 Å². The van der Waals surface area contributed by atoms with Crippen molar-refractivity contribution in [2.45, 2.75) is 11.8 Å². The van der Waals surface area contributed by atoms with Crippen LogP contribution in [0.5, 0.6) is 0 Å². The van der Waals surface area contributed by atoms with Crippen molar-refractivity contribution in [3.05, 3.63) is 55.5 Å². The second-order valence-corrected chi connectivity index (χ2v) is 8.49. The molecule has 2 rings (SSSR count). The maximum absolute atomic E-state index is 12.4. The first-order valence-corrected chi connectivity index (χ1v) is 8.71. The van der Waals surface area contributed by atoms with Gasteiger partial charge < -0.3 is 0 Å². The van der Waals surface area contributed by atoms with Crippen molar-refractivity contribution in [3.63, 3.8) is 0 Å². The lowest BCUT2D eigenvalue weighted by molar-refractivity contribution is 0.603. The molecule has 6 heteroatoms. The number of hydrogen-bond donors (Lipinski definition) is 0. The van der Waals surface area contributed by atoms with Gasteiger partial charge in [0.15, 0.2) is 4.91 Å². The molecule has 3 nitrogen and oxygen atoms in total. The van der Waals surface area contributed by atoms with Gasteiger partial charge in [-0.3, -0.25) is 0 Å². The van der Waals surface area contributed by atoms with Crippen LogP contribution < -0.4 is 0 Å². The lowest BCUT2D eigenvalue weighted by Gasteiger charge is -2.03. The van der Waals surface area contributed by atoms with Crippen molar-refractivity contribution >= 4 is 43.2 Å². The zero-order valence-electron chi connectivity index (χ0n) is 10.5. The van der Waals surface area contributed by atoms with E-state index in [1.165, 1.54) is 29.5 Å². The Balaban J connectivity index is 2.48. The van der Waals surface area contributed by atoms with Gasteiger partial charge in [0.2, 0.25) is 9.84 Å². The zero-order chi connectivity index (χ0) is 14.8. The predicted molar refractivity (Wildman–Crippen MR) is 84.0 cm³/mol. The summed E-state index contributed by atoms with van der Waals surface area (Å²) in [6.07, 6.45) is 1.39. The van der Waals surface area contributed by atoms with Crippen molar-refractivity contribution in [1.29, 1.82) is 5.26 Å². The van der Waals surface area contributed by atoms with Crippen molar-refractivity contribution < 1.29 is 8.42 Å². The Hall–Kier alpha value is -1.42. The summed E-state index contributed by atoms with van der Waals surface area (Å²) >= 11 is 4.67. The van der Waals surface area contributed by atoms with Gasteiger partial charge in [0.1, 0.15) is 6.07 Å². The fraction of sp³-hybridized carbons (Fsp3) is 0.0714. The molecule has 0 saturated heterocycles. The second-order valence-electron chi connectivity index (χ2n) is 4.08. The molecule has 1 aromatic carbocycles. The highest BCUT2D eigenvalue weighted by atomic mass is 79.9. The quantitative estimate of drug-likeness (QED) is 0.765. The predicted octanol–water partition coefficient (Wildman–Crippen LogP) is 4.16. The van der Waals surface area contributed by atoms with Crippen LogP contribution in [0.15, 0.2) is 50.0 Å². The Labute approximate surface area is 130 Å². The molecule has 2 aromatic rings. The largest absolute Gasteiger partial charge is 0.218 e. The summed E-state index contributed by atoms with van der Waals surface area (Å²) in [5, 5.41) is 9.14. The number of nitrogens with zero attached hydrogens (tertiary/aromatic N) is 1. The summed E-state index contributed by atoms with van der Waals surface area (Å²) in [5.41, 5.74) is 0.966. The van der Waals surface area contributed by atoms with Crippen LogP contribution in [0, 0.1) is 18.3 Å². The molecule has 0 atom stereocenters. The number of nitriles is 1. The van der Waals surface area contributed by atoms with E-state index in [9.17, 15) is 8.42 Å². The summed E-state index contributed by atoms with van der Waals surface area (Å²) in [5.74, 6) is 0. The Bertz CT molecular complexity index is 796. The highest BCUT2D eigenvalue weighted by Gasteiger charge is 2.20. The molecular formula is C14H10BrNO2S2. The lowest BCUT2D eigenvalue weighted by Crippen LogP contribution is -2.03. The molecule has 0 saturated carbocycles. The number of rotatable bonds is 3. The first kappa shape index (κ1) is 15.0. The van der Waals surface area contributed by atoms with Crippen LogP contribution in [0.25, 0.3) is 6.08 Å². The highest BCUT2D eigenvalue weighted by molar-refractivity contribution is 9.11. The molecule has 0 radical (unpaired) electrons. The van der Waals surface area contributed by atoms with Crippen LogP contribution >= 0.6 is 27.3 Å². The average molecular weight is 368 g/mol. The van der Waals surface area contributed by atoms with E-state index < -0.39 is 9.84 Å². The summed E-state index contributed by atoms with van der Waals surface area (Å²) < 4.78 is 25.7. The van der Waals surface area contributed by atoms with E-state index in [-0.39, 0.29) is 9.80 Å². The number of allylic oxidation sites excluding steroid dienone is 1. The van der Waals surface area contributed by atoms with E-state index in [2.05, 4.69) is 15.9 Å². The fourth-order valence-corrected chi connectivity index (χ4v) is 4.14. The number of hydrogen-bond acceptors (Lipinski definition) is 4. The maximum atomic E-state index is 12.4.